The van der Waals surface area contributed by atoms with E-state index in [1.54, 1.807) is 24.5 Å². The van der Waals surface area contributed by atoms with E-state index in [0.717, 1.165) is 25.2 Å². The lowest BCUT2D eigenvalue weighted by atomic mass is 10.2. The number of amides is 1. The van der Waals surface area contributed by atoms with Crippen LogP contribution in [0.4, 0.5) is 0 Å². The molecule has 1 amide bonds. The molecule has 1 aliphatic rings. The maximum absolute atomic E-state index is 12.3. The van der Waals surface area contributed by atoms with Crippen molar-refractivity contribution in [2.24, 2.45) is 0 Å². The second kappa shape index (κ2) is 9.87. The zero-order valence-corrected chi connectivity index (χ0v) is 18.3. The lowest BCUT2D eigenvalue weighted by Gasteiger charge is -2.11. The Bertz CT molecular complexity index is 1000. The van der Waals surface area contributed by atoms with Crippen LogP contribution >= 0.6 is 35.0 Å². The van der Waals surface area contributed by atoms with E-state index in [0.29, 0.717) is 39.7 Å². The van der Waals surface area contributed by atoms with Crippen LogP contribution < -0.4 is 5.32 Å². The molecule has 10 heteroatoms. The molecule has 7 nitrogen and oxygen atoms in total. The molecule has 0 unspecified atom stereocenters. The van der Waals surface area contributed by atoms with Gasteiger partial charge in [-0.05, 0) is 43.2 Å². The Balaban J connectivity index is 1.50. The third-order valence-electron chi connectivity index (χ3n) is 4.67. The van der Waals surface area contributed by atoms with Gasteiger partial charge in [0, 0.05) is 23.7 Å². The van der Waals surface area contributed by atoms with Gasteiger partial charge in [-0.3, -0.25) is 9.36 Å². The minimum atomic E-state index is -0.0749. The zero-order chi connectivity index (χ0) is 20.9. The second-order valence-corrected chi connectivity index (χ2v) is 8.61. The molecule has 30 heavy (non-hydrogen) atoms. The highest BCUT2D eigenvalue weighted by atomic mass is 35.5. The van der Waals surface area contributed by atoms with E-state index in [1.165, 1.54) is 11.8 Å². The third kappa shape index (κ3) is 5.18. The number of furan rings is 1. The van der Waals surface area contributed by atoms with Gasteiger partial charge in [-0.25, -0.2) is 0 Å². The Hall–Kier alpha value is -2.00. The van der Waals surface area contributed by atoms with E-state index < -0.39 is 0 Å². The number of ether oxygens (including phenoxy) is 1. The van der Waals surface area contributed by atoms with Crippen molar-refractivity contribution in [1.82, 2.24) is 20.1 Å². The van der Waals surface area contributed by atoms with Crippen molar-refractivity contribution in [3.8, 4) is 11.4 Å². The first kappa shape index (κ1) is 21.2. The van der Waals surface area contributed by atoms with Crippen molar-refractivity contribution in [2.45, 2.75) is 30.6 Å². The molecule has 1 aliphatic heterocycles. The van der Waals surface area contributed by atoms with Gasteiger partial charge in [0.05, 0.1) is 29.7 Å². The molecule has 0 spiro atoms. The first-order valence-corrected chi connectivity index (χ1v) is 11.3. The summed E-state index contributed by atoms with van der Waals surface area (Å²) in [7, 11) is 0. The summed E-state index contributed by atoms with van der Waals surface area (Å²) in [6.07, 6.45) is 3.75. The first-order valence-electron chi connectivity index (χ1n) is 9.52. The fraction of sp³-hybridized carbons (Fsp3) is 0.350. The van der Waals surface area contributed by atoms with Crippen molar-refractivity contribution in [2.75, 3.05) is 18.9 Å². The molecular formula is C20H20Cl2N4O3S. The Morgan fingerprint density at radius 1 is 1.30 bits per heavy atom. The van der Waals surface area contributed by atoms with Gasteiger partial charge in [0.25, 0.3) is 0 Å². The quantitative estimate of drug-likeness (QED) is 0.498. The molecule has 3 aromatic rings. The number of benzene rings is 1. The molecule has 2 aromatic heterocycles. The normalized spacial score (nSPS) is 16.1. The summed E-state index contributed by atoms with van der Waals surface area (Å²) in [5.74, 6) is 1.47. The molecule has 0 aliphatic carbocycles. The molecule has 3 heterocycles. The van der Waals surface area contributed by atoms with E-state index in [4.69, 9.17) is 32.4 Å². The summed E-state index contributed by atoms with van der Waals surface area (Å²) in [4.78, 5) is 12.3. The molecule has 0 saturated carbocycles. The highest BCUT2D eigenvalue weighted by molar-refractivity contribution is 7.99. The molecule has 1 atom stereocenters. The van der Waals surface area contributed by atoms with Gasteiger partial charge in [-0.2, -0.15) is 0 Å². The van der Waals surface area contributed by atoms with Crippen molar-refractivity contribution >= 4 is 40.9 Å². The highest BCUT2D eigenvalue weighted by Gasteiger charge is 2.20. The van der Waals surface area contributed by atoms with Gasteiger partial charge in [-0.15, -0.1) is 10.2 Å². The maximum Gasteiger partial charge on any atom is 0.230 e. The Morgan fingerprint density at radius 2 is 2.20 bits per heavy atom. The highest BCUT2D eigenvalue weighted by Crippen LogP contribution is 2.32. The maximum atomic E-state index is 12.3. The van der Waals surface area contributed by atoms with E-state index in [9.17, 15) is 4.79 Å². The van der Waals surface area contributed by atoms with E-state index in [1.807, 2.05) is 16.7 Å². The van der Waals surface area contributed by atoms with E-state index in [2.05, 4.69) is 15.5 Å². The standard InChI is InChI=1S/C20H20Cl2N4O3S/c21-13-5-6-16(17(22)9-13)19-24-25-20(26(19)11-15-4-2-8-29-15)30-12-18(27)23-10-14-3-1-7-28-14/h2,4-6,8-9,14H,1,3,7,10-12H2,(H,23,27)/t14-/m0/s1. The Morgan fingerprint density at radius 3 is 2.93 bits per heavy atom. The molecule has 4 rings (SSSR count). The largest absolute Gasteiger partial charge is 0.467 e. The number of carbonyl (C=O) groups excluding carboxylic acids is 1. The van der Waals surface area contributed by atoms with Crippen LogP contribution in [0.15, 0.2) is 46.2 Å². The summed E-state index contributed by atoms with van der Waals surface area (Å²) in [5.41, 5.74) is 0.704. The molecular weight excluding hydrogens is 447 g/mol. The van der Waals surface area contributed by atoms with Gasteiger partial charge >= 0.3 is 0 Å². The first-order chi connectivity index (χ1) is 14.6. The lowest BCUT2D eigenvalue weighted by Crippen LogP contribution is -2.32. The minimum Gasteiger partial charge on any atom is -0.467 e. The number of nitrogens with zero attached hydrogens (tertiary/aromatic N) is 3. The average Bonchev–Trinajstić information content (AvgIpc) is 3.48. The van der Waals surface area contributed by atoms with Crippen LogP contribution in [0, 0.1) is 0 Å². The molecule has 1 saturated heterocycles. The number of hydrogen-bond donors (Lipinski definition) is 1. The van der Waals surface area contributed by atoms with Crippen molar-refractivity contribution in [1.29, 1.82) is 0 Å². The number of nitrogens with one attached hydrogen (secondary N) is 1. The molecule has 158 valence electrons. The minimum absolute atomic E-state index is 0.0749. The molecule has 1 fully saturated rings. The van der Waals surface area contributed by atoms with Crippen LogP contribution in [0.2, 0.25) is 10.0 Å². The van der Waals surface area contributed by atoms with Crippen molar-refractivity contribution < 1.29 is 13.9 Å². The summed E-state index contributed by atoms with van der Waals surface area (Å²) in [6, 6.07) is 8.90. The number of rotatable bonds is 8. The van der Waals surface area contributed by atoms with Gasteiger partial charge in [0.15, 0.2) is 11.0 Å². The van der Waals surface area contributed by atoms with Crippen LogP contribution in [-0.2, 0) is 16.1 Å². The lowest BCUT2D eigenvalue weighted by molar-refractivity contribution is -0.119. The van der Waals surface area contributed by atoms with Gasteiger partial charge < -0.3 is 14.5 Å². The summed E-state index contributed by atoms with van der Waals surface area (Å²) >= 11 is 13.7. The predicted molar refractivity (Wildman–Crippen MR) is 116 cm³/mol. The smallest absolute Gasteiger partial charge is 0.230 e. The van der Waals surface area contributed by atoms with Gasteiger partial charge in [-0.1, -0.05) is 35.0 Å². The zero-order valence-electron chi connectivity index (χ0n) is 16.0. The van der Waals surface area contributed by atoms with Gasteiger partial charge in [0.1, 0.15) is 5.76 Å². The molecule has 0 radical (unpaired) electrons. The second-order valence-electron chi connectivity index (χ2n) is 6.82. The Labute approximate surface area is 188 Å². The third-order valence-corrected chi connectivity index (χ3v) is 6.18. The van der Waals surface area contributed by atoms with Crippen molar-refractivity contribution in [3.63, 3.8) is 0 Å². The fourth-order valence-corrected chi connectivity index (χ4v) is 4.44. The summed E-state index contributed by atoms with van der Waals surface area (Å²) in [5, 5.41) is 13.1. The van der Waals surface area contributed by atoms with Crippen LogP contribution in [0.3, 0.4) is 0 Å². The predicted octanol–water partition coefficient (Wildman–Crippen LogP) is 4.28. The van der Waals surface area contributed by atoms with Crippen LogP contribution in [-0.4, -0.2) is 45.7 Å². The Kier molecular flexibility index (Phi) is 6.99. The number of hydrogen-bond acceptors (Lipinski definition) is 6. The molecule has 0 bridgehead atoms. The monoisotopic (exact) mass is 466 g/mol. The number of halogens is 2. The topological polar surface area (TPSA) is 82.2 Å². The molecule has 1 N–H and O–H groups in total. The SMILES string of the molecule is O=C(CSc1nnc(-c2ccc(Cl)cc2Cl)n1Cc1ccco1)NC[C@@H]1CCCO1. The molecule has 1 aromatic carbocycles. The number of thioether (sulfide) groups is 1. The number of carbonyl (C=O) groups is 1. The fourth-order valence-electron chi connectivity index (χ4n) is 3.18. The number of aromatic nitrogens is 3. The van der Waals surface area contributed by atoms with E-state index in [-0.39, 0.29) is 17.8 Å². The summed E-state index contributed by atoms with van der Waals surface area (Å²) in [6.45, 7) is 1.71. The van der Waals surface area contributed by atoms with Crippen LogP contribution in [0.5, 0.6) is 0 Å². The van der Waals surface area contributed by atoms with E-state index >= 15 is 0 Å². The average molecular weight is 467 g/mol. The van der Waals surface area contributed by atoms with Crippen molar-refractivity contribution in [3.05, 3.63) is 52.4 Å². The summed E-state index contributed by atoms with van der Waals surface area (Å²) < 4.78 is 12.9. The van der Waals surface area contributed by atoms with Crippen LogP contribution in [0.25, 0.3) is 11.4 Å². The van der Waals surface area contributed by atoms with Gasteiger partial charge in [0.2, 0.25) is 5.91 Å². The van der Waals surface area contributed by atoms with Crippen LogP contribution in [0.1, 0.15) is 18.6 Å².